The number of fused-ring (bicyclic) bond motifs is 6. The molecule has 134 valence electrons. The lowest BCUT2D eigenvalue weighted by Crippen LogP contribution is -2.03. The van der Waals surface area contributed by atoms with Crippen LogP contribution in [0, 0.1) is 0 Å². The summed E-state index contributed by atoms with van der Waals surface area (Å²) in [6.07, 6.45) is 6.76. The number of rotatable bonds is 1. The van der Waals surface area contributed by atoms with Crippen LogP contribution >= 0.6 is 0 Å². The Morgan fingerprint density at radius 3 is 2.44 bits per heavy atom. The van der Waals surface area contributed by atoms with Crippen LogP contribution in [0.15, 0.2) is 59.0 Å². The normalized spacial score (nSPS) is 16.2. The van der Waals surface area contributed by atoms with E-state index in [2.05, 4.69) is 66.2 Å². The first-order valence-electron chi connectivity index (χ1n) is 10.1. The third kappa shape index (κ3) is 2.19. The van der Waals surface area contributed by atoms with Crippen LogP contribution in [0.1, 0.15) is 43.6 Å². The lowest BCUT2D eigenvalue weighted by atomic mass is 9.84. The summed E-state index contributed by atoms with van der Waals surface area (Å²) in [5.74, 6) is 0.708. The minimum absolute atomic E-state index is 0.708. The topological polar surface area (TPSA) is 18.1 Å². The largest absolute Gasteiger partial charge is 0.456 e. The van der Waals surface area contributed by atoms with Crippen LogP contribution in [-0.4, -0.2) is 4.57 Å². The van der Waals surface area contributed by atoms with Crippen LogP contribution in [-0.2, 0) is 7.05 Å². The van der Waals surface area contributed by atoms with Gasteiger partial charge >= 0.3 is 0 Å². The quantitative estimate of drug-likeness (QED) is 0.310. The fourth-order valence-electron chi connectivity index (χ4n) is 5.14. The molecule has 0 amide bonds. The summed E-state index contributed by atoms with van der Waals surface area (Å²) in [6.45, 7) is 0. The Morgan fingerprint density at radius 1 is 0.741 bits per heavy atom. The van der Waals surface area contributed by atoms with Gasteiger partial charge < -0.3 is 8.98 Å². The summed E-state index contributed by atoms with van der Waals surface area (Å²) in [4.78, 5) is 0. The van der Waals surface area contributed by atoms with Crippen molar-refractivity contribution in [2.75, 3.05) is 0 Å². The average Bonchev–Trinajstić information content (AvgIpc) is 3.22. The van der Waals surface area contributed by atoms with Crippen molar-refractivity contribution >= 4 is 43.7 Å². The van der Waals surface area contributed by atoms with Gasteiger partial charge in [-0.15, -0.1) is 0 Å². The average molecular weight is 353 g/mol. The van der Waals surface area contributed by atoms with Gasteiger partial charge in [-0.3, -0.25) is 0 Å². The summed E-state index contributed by atoms with van der Waals surface area (Å²) < 4.78 is 8.60. The summed E-state index contributed by atoms with van der Waals surface area (Å²) in [7, 11) is 2.14. The van der Waals surface area contributed by atoms with Gasteiger partial charge in [0.25, 0.3) is 0 Å². The number of furan rings is 1. The molecule has 0 atom stereocenters. The van der Waals surface area contributed by atoms with Crippen LogP contribution in [0.3, 0.4) is 0 Å². The number of aromatic nitrogens is 1. The van der Waals surface area contributed by atoms with Crippen LogP contribution in [0.5, 0.6) is 0 Å². The molecule has 2 aromatic heterocycles. The number of benzene rings is 3. The van der Waals surface area contributed by atoms with E-state index < -0.39 is 0 Å². The van der Waals surface area contributed by atoms with Crippen molar-refractivity contribution in [1.82, 2.24) is 4.57 Å². The zero-order valence-electron chi connectivity index (χ0n) is 15.7. The van der Waals surface area contributed by atoms with Crippen molar-refractivity contribution in [3.8, 4) is 0 Å². The highest BCUT2D eigenvalue weighted by molar-refractivity contribution is 6.16. The molecule has 5 aromatic rings. The molecular weight excluding hydrogens is 330 g/mol. The Bertz CT molecular complexity index is 1310. The van der Waals surface area contributed by atoms with Gasteiger partial charge in [-0.25, -0.2) is 0 Å². The molecule has 1 aliphatic rings. The first-order chi connectivity index (χ1) is 13.3. The van der Waals surface area contributed by atoms with Gasteiger partial charge in [-0.1, -0.05) is 49.6 Å². The molecule has 0 saturated heterocycles. The molecule has 1 aliphatic carbocycles. The summed E-state index contributed by atoms with van der Waals surface area (Å²) >= 11 is 0. The number of aryl methyl sites for hydroxylation is 1. The molecule has 0 unspecified atom stereocenters. The van der Waals surface area contributed by atoms with E-state index in [1.807, 2.05) is 0 Å². The number of nitrogens with zero attached hydrogens (tertiary/aromatic N) is 1. The molecule has 2 nitrogen and oxygen atoms in total. The number of hydrogen-bond acceptors (Lipinski definition) is 1. The Labute approximate surface area is 158 Å². The molecule has 2 heterocycles. The molecule has 0 radical (unpaired) electrons. The molecule has 0 aliphatic heterocycles. The summed E-state index contributed by atoms with van der Waals surface area (Å²) in [5.41, 5.74) is 5.98. The van der Waals surface area contributed by atoms with Crippen molar-refractivity contribution in [1.29, 1.82) is 0 Å². The zero-order valence-corrected chi connectivity index (χ0v) is 15.7. The van der Waals surface area contributed by atoms with Crippen LogP contribution in [0.2, 0.25) is 0 Å². The van der Waals surface area contributed by atoms with Crippen LogP contribution < -0.4 is 0 Å². The highest BCUT2D eigenvalue weighted by Gasteiger charge is 2.18. The standard InChI is InChI=1S/C25H23NO/c1-26-22-10-6-5-9-18(22)20-14-21-19-12-11-17(16-7-3-2-4-8-16)13-24(19)27-25(21)15-23(20)26/h5-6,9-16H,2-4,7-8H2,1H3. The SMILES string of the molecule is Cn1c2ccccc2c2cc3c(cc21)oc1cc(C2CCCCC2)ccc13. The molecule has 3 aromatic carbocycles. The van der Waals surface area contributed by atoms with Crippen molar-refractivity contribution in [3.05, 3.63) is 60.2 Å². The predicted molar refractivity (Wildman–Crippen MR) is 114 cm³/mol. The minimum Gasteiger partial charge on any atom is -0.456 e. The Morgan fingerprint density at radius 2 is 1.56 bits per heavy atom. The van der Waals surface area contributed by atoms with Crippen molar-refractivity contribution < 1.29 is 4.42 Å². The van der Waals surface area contributed by atoms with Gasteiger partial charge in [0.15, 0.2) is 0 Å². The van der Waals surface area contributed by atoms with Gasteiger partial charge in [0.1, 0.15) is 11.2 Å². The van der Waals surface area contributed by atoms with E-state index in [4.69, 9.17) is 4.42 Å². The van der Waals surface area contributed by atoms with Crippen molar-refractivity contribution in [2.45, 2.75) is 38.0 Å². The molecule has 1 fully saturated rings. The first kappa shape index (κ1) is 15.3. The Hall–Kier alpha value is -2.74. The Balaban J connectivity index is 1.60. The van der Waals surface area contributed by atoms with Crippen molar-refractivity contribution in [3.63, 3.8) is 0 Å². The molecular formula is C25H23NO. The van der Waals surface area contributed by atoms with Crippen LogP contribution in [0.25, 0.3) is 43.7 Å². The van der Waals surface area contributed by atoms with E-state index in [-0.39, 0.29) is 0 Å². The van der Waals surface area contributed by atoms with Gasteiger partial charge in [0, 0.05) is 40.2 Å². The van der Waals surface area contributed by atoms with Gasteiger partial charge in [0.05, 0.1) is 5.52 Å². The zero-order chi connectivity index (χ0) is 18.0. The fraction of sp³-hybridized carbons (Fsp3) is 0.280. The molecule has 27 heavy (non-hydrogen) atoms. The Kier molecular flexibility index (Phi) is 3.19. The highest BCUT2D eigenvalue weighted by atomic mass is 16.3. The molecule has 0 N–H and O–H groups in total. The van der Waals surface area contributed by atoms with Gasteiger partial charge in [0.2, 0.25) is 0 Å². The van der Waals surface area contributed by atoms with Crippen molar-refractivity contribution in [2.24, 2.45) is 7.05 Å². The second-order valence-corrected chi connectivity index (χ2v) is 8.13. The van der Waals surface area contributed by atoms with E-state index in [1.54, 1.807) is 0 Å². The smallest absolute Gasteiger partial charge is 0.137 e. The maximum absolute atomic E-state index is 6.33. The molecule has 6 rings (SSSR count). The second kappa shape index (κ2) is 5.63. The van der Waals surface area contributed by atoms with Gasteiger partial charge in [-0.2, -0.15) is 0 Å². The highest BCUT2D eigenvalue weighted by Crippen LogP contribution is 2.39. The monoisotopic (exact) mass is 353 g/mol. The third-order valence-electron chi connectivity index (χ3n) is 6.61. The van der Waals surface area contributed by atoms with E-state index in [9.17, 15) is 0 Å². The molecule has 0 spiro atoms. The maximum Gasteiger partial charge on any atom is 0.137 e. The van der Waals surface area contributed by atoms with E-state index >= 15 is 0 Å². The maximum atomic E-state index is 6.33. The summed E-state index contributed by atoms with van der Waals surface area (Å²) in [6, 6.07) is 20.1. The lowest BCUT2D eigenvalue weighted by Gasteiger charge is -2.21. The molecule has 2 heteroatoms. The summed E-state index contributed by atoms with van der Waals surface area (Å²) in [5, 5.41) is 5.08. The minimum atomic E-state index is 0.708. The predicted octanol–water partition coefficient (Wildman–Crippen LogP) is 7.28. The third-order valence-corrected chi connectivity index (χ3v) is 6.61. The fourth-order valence-corrected chi connectivity index (χ4v) is 5.14. The molecule has 0 bridgehead atoms. The lowest BCUT2D eigenvalue weighted by molar-refractivity contribution is 0.443. The van der Waals surface area contributed by atoms with E-state index in [1.165, 1.54) is 70.2 Å². The molecule has 1 saturated carbocycles. The van der Waals surface area contributed by atoms with Crippen LogP contribution in [0.4, 0.5) is 0 Å². The number of hydrogen-bond donors (Lipinski definition) is 0. The second-order valence-electron chi connectivity index (χ2n) is 8.13. The van der Waals surface area contributed by atoms with Gasteiger partial charge in [-0.05, 0) is 42.5 Å². The van der Waals surface area contributed by atoms with E-state index in [0.717, 1.165) is 11.2 Å². The number of para-hydroxylation sites is 1. The van der Waals surface area contributed by atoms with E-state index in [0.29, 0.717) is 5.92 Å². The first-order valence-corrected chi connectivity index (χ1v) is 10.1.